The summed E-state index contributed by atoms with van der Waals surface area (Å²) in [7, 11) is 2.12. The van der Waals surface area contributed by atoms with Gasteiger partial charge in [0.05, 0.1) is 25.4 Å². The Balaban J connectivity index is 1.91. The number of nitrogens with zero attached hydrogens (tertiary/aromatic N) is 1. The standard InChI is InChI=1S/C10H19NO2/c1-11(8-4-2-3-5-8)9-6-13-7-10(9)12/h8-10,12H,2-7H2,1H3/t9-,10-/m1/s1. The summed E-state index contributed by atoms with van der Waals surface area (Å²) in [6.45, 7) is 1.22. The average Bonchev–Trinajstić information content (AvgIpc) is 2.72. The summed E-state index contributed by atoms with van der Waals surface area (Å²) in [6.07, 6.45) is 5.00. The van der Waals surface area contributed by atoms with Gasteiger partial charge in [0.15, 0.2) is 0 Å². The predicted molar refractivity (Wildman–Crippen MR) is 50.6 cm³/mol. The lowest BCUT2D eigenvalue weighted by molar-refractivity contribution is 0.0742. The Kier molecular flexibility index (Phi) is 2.86. The van der Waals surface area contributed by atoms with E-state index >= 15 is 0 Å². The molecule has 1 N–H and O–H groups in total. The Morgan fingerprint density at radius 3 is 2.46 bits per heavy atom. The molecular formula is C10H19NO2. The third-order valence-corrected chi connectivity index (χ3v) is 3.45. The highest BCUT2D eigenvalue weighted by atomic mass is 16.5. The number of aliphatic hydroxyl groups is 1. The van der Waals surface area contributed by atoms with E-state index in [4.69, 9.17) is 4.74 Å². The molecule has 1 aliphatic heterocycles. The van der Waals surface area contributed by atoms with Crippen molar-refractivity contribution in [2.24, 2.45) is 0 Å². The number of hydrogen-bond donors (Lipinski definition) is 1. The topological polar surface area (TPSA) is 32.7 Å². The zero-order valence-corrected chi connectivity index (χ0v) is 8.28. The van der Waals surface area contributed by atoms with Crippen LogP contribution in [-0.4, -0.2) is 48.5 Å². The fraction of sp³-hybridized carbons (Fsp3) is 1.00. The quantitative estimate of drug-likeness (QED) is 0.684. The third-order valence-electron chi connectivity index (χ3n) is 3.45. The summed E-state index contributed by atoms with van der Waals surface area (Å²) in [4.78, 5) is 2.32. The summed E-state index contributed by atoms with van der Waals surface area (Å²) in [5.74, 6) is 0. The molecule has 0 aromatic heterocycles. The van der Waals surface area contributed by atoms with E-state index in [9.17, 15) is 5.11 Å². The molecule has 3 nitrogen and oxygen atoms in total. The van der Waals surface area contributed by atoms with Crippen molar-refractivity contribution in [2.45, 2.75) is 43.9 Å². The van der Waals surface area contributed by atoms with Crippen LogP contribution in [0.25, 0.3) is 0 Å². The van der Waals surface area contributed by atoms with Crippen molar-refractivity contribution >= 4 is 0 Å². The first kappa shape index (κ1) is 9.44. The molecule has 2 rings (SSSR count). The lowest BCUT2D eigenvalue weighted by Crippen LogP contribution is -2.45. The van der Waals surface area contributed by atoms with E-state index in [0.29, 0.717) is 19.3 Å². The first-order valence-electron chi connectivity index (χ1n) is 5.27. The molecule has 0 radical (unpaired) electrons. The summed E-state index contributed by atoms with van der Waals surface area (Å²) < 4.78 is 5.26. The second kappa shape index (κ2) is 3.95. The Labute approximate surface area is 79.7 Å². The molecule has 1 aliphatic carbocycles. The lowest BCUT2D eigenvalue weighted by Gasteiger charge is -2.31. The average molecular weight is 185 g/mol. The van der Waals surface area contributed by atoms with Crippen LogP contribution in [0, 0.1) is 0 Å². The molecule has 0 aromatic rings. The molecule has 0 amide bonds. The van der Waals surface area contributed by atoms with Crippen molar-refractivity contribution in [3.8, 4) is 0 Å². The van der Waals surface area contributed by atoms with Crippen LogP contribution in [0.3, 0.4) is 0 Å². The molecule has 1 saturated heterocycles. The molecule has 13 heavy (non-hydrogen) atoms. The first-order valence-corrected chi connectivity index (χ1v) is 5.27. The minimum Gasteiger partial charge on any atom is -0.389 e. The SMILES string of the molecule is CN(C1CCCC1)[C@@H]1COC[C@H]1O. The van der Waals surface area contributed by atoms with Crippen molar-refractivity contribution < 1.29 is 9.84 Å². The smallest absolute Gasteiger partial charge is 0.0950 e. The first-order chi connectivity index (χ1) is 6.29. The highest BCUT2D eigenvalue weighted by Crippen LogP contribution is 2.26. The minimum absolute atomic E-state index is 0.239. The largest absolute Gasteiger partial charge is 0.389 e. The Morgan fingerprint density at radius 2 is 1.92 bits per heavy atom. The zero-order chi connectivity index (χ0) is 9.26. The third kappa shape index (κ3) is 1.87. The van der Waals surface area contributed by atoms with Gasteiger partial charge in [-0.05, 0) is 19.9 Å². The fourth-order valence-corrected chi connectivity index (χ4v) is 2.50. The van der Waals surface area contributed by atoms with Crippen LogP contribution in [0.4, 0.5) is 0 Å². The zero-order valence-electron chi connectivity index (χ0n) is 8.28. The Morgan fingerprint density at radius 1 is 1.23 bits per heavy atom. The monoisotopic (exact) mass is 185 g/mol. The van der Waals surface area contributed by atoms with Crippen molar-refractivity contribution in [3.05, 3.63) is 0 Å². The van der Waals surface area contributed by atoms with Gasteiger partial charge in [-0.3, -0.25) is 4.90 Å². The van der Waals surface area contributed by atoms with E-state index in [-0.39, 0.29) is 12.1 Å². The molecule has 2 aliphatic rings. The van der Waals surface area contributed by atoms with Gasteiger partial charge in [0.1, 0.15) is 0 Å². The van der Waals surface area contributed by atoms with E-state index < -0.39 is 0 Å². The van der Waals surface area contributed by atoms with E-state index in [2.05, 4.69) is 11.9 Å². The summed E-state index contributed by atoms with van der Waals surface area (Å²) in [5.41, 5.74) is 0. The van der Waals surface area contributed by atoms with Gasteiger partial charge in [0.2, 0.25) is 0 Å². The van der Waals surface area contributed by atoms with Crippen LogP contribution in [0.2, 0.25) is 0 Å². The lowest BCUT2D eigenvalue weighted by atomic mass is 10.1. The summed E-state index contributed by atoms with van der Waals surface area (Å²) in [6, 6.07) is 0.921. The van der Waals surface area contributed by atoms with Crippen LogP contribution in [0.15, 0.2) is 0 Å². The van der Waals surface area contributed by atoms with Gasteiger partial charge in [-0.2, -0.15) is 0 Å². The van der Waals surface area contributed by atoms with E-state index in [1.165, 1.54) is 25.7 Å². The highest BCUT2D eigenvalue weighted by Gasteiger charge is 2.33. The van der Waals surface area contributed by atoms with Gasteiger partial charge in [0, 0.05) is 6.04 Å². The van der Waals surface area contributed by atoms with E-state index in [1.54, 1.807) is 0 Å². The molecular weight excluding hydrogens is 166 g/mol. The molecule has 0 spiro atoms. The number of aliphatic hydroxyl groups excluding tert-OH is 1. The van der Waals surface area contributed by atoms with Gasteiger partial charge in [-0.15, -0.1) is 0 Å². The maximum Gasteiger partial charge on any atom is 0.0950 e. The van der Waals surface area contributed by atoms with E-state index in [1.807, 2.05) is 0 Å². The van der Waals surface area contributed by atoms with Gasteiger partial charge >= 0.3 is 0 Å². The normalized spacial score (nSPS) is 36.2. The summed E-state index contributed by atoms with van der Waals surface area (Å²) in [5, 5.41) is 9.65. The molecule has 1 saturated carbocycles. The van der Waals surface area contributed by atoms with Crippen LogP contribution in [0.5, 0.6) is 0 Å². The molecule has 2 fully saturated rings. The summed E-state index contributed by atoms with van der Waals surface area (Å²) >= 11 is 0. The number of ether oxygens (including phenoxy) is 1. The number of hydrogen-bond acceptors (Lipinski definition) is 3. The van der Waals surface area contributed by atoms with Gasteiger partial charge in [-0.25, -0.2) is 0 Å². The maximum atomic E-state index is 9.65. The van der Waals surface area contributed by atoms with Crippen LogP contribution in [0.1, 0.15) is 25.7 Å². The highest BCUT2D eigenvalue weighted by molar-refractivity contribution is 4.87. The van der Waals surface area contributed by atoms with Crippen LogP contribution in [-0.2, 0) is 4.74 Å². The maximum absolute atomic E-state index is 9.65. The second-order valence-electron chi connectivity index (χ2n) is 4.28. The van der Waals surface area contributed by atoms with Crippen LogP contribution < -0.4 is 0 Å². The van der Waals surface area contributed by atoms with Gasteiger partial charge in [-0.1, -0.05) is 12.8 Å². The molecule has 0 aromatic carbocycles. The molecule has 0 unspecified atom stereocenters. The van der Waals surface area contributed by atoms with Gasteiger partial charge in [0.25, 0.3) is 0 Å². The molecule has 0 bridgehead atoms. The Hall–Kier alpha value is -0.120. The number of likely N-dealkylation sites (N-methyl/N-ethyl adjacent to an activating group) is 1. The van der Waals surface area contributed by atoms with Crippen LogP contribution >= 0.6 is 0 Å². The predicted octanol–water partition coefficient (Wildman–Crippen LogP) is 0.620. The van der Waals surface area contributed by atoms with E-state index in [0.717, 1.165) is 0 Å². The second-order valence-corrected chi connectivity index (χ2v) is 4.28. The number of rotatable bonds is 2. The molecule has 76 valence electrons. The minimum atomic E-state index is -0.273. The van der Waals surface area contributed by atoms with Crippen molar-refractivity contribution in [1.82, 2.24) is 4.90 Å². The molecule has 1 heterocycles. The molecule has 2 atom stereocenters. The molecule has 3 heteroatoms. The fourth-order valence-electron chi connectivity index (χ4n) is 2.50. The Bertz CT molecular complexity index is 168. The van der Waals surface area contributed by atoms with Crippen molar-refractivity contribution in [2.75, 3.05) is 20.3 Å². The van der Waals surface area contributed by atoms with Crippen molar-refractivity contribution in [1.29, 1.82) is 0 Å². The van der Waals surface area contributed by atoms with Gasteiger partial charge < -0.3 is 9.84 Å². The van der Waals surface area contributed by atoms with Crippen molar-refractivity contribution in [3.63, 3.8) is 0 Å².